The lowest BCUT2D eigenvalue weighted by Crippen LogP contribution is -2.10. The largest absolute Gasteiger partial charge is 0.361 e. The van der Waals surface area contributed by atoms with Gasteiger partial charge < -0.3 is 4.98 Å². The number of nitrogens with one attached hydrogen (secondary N) is 1. The highest BCUT2D eigenvalue weighted by atomic mass is 16.1. The highest BCUT2D eigenvalue weighted by Gasteiger charge is 2.17. The van der Waals surface area contributed by atoms with Gasteiger partial charge in [-0.15, -0.1) is 0 Å². The lowest BCUT2D eigenvalue weighted by Gasteiger charge is -2.14. The van der Waals surface area contributed by atoms with E-state index in [0.29, 0.717) is 12.2 Å². The van der Waals surface area contributed by atoms with Crippen LogP contribution in [0.4, 0.5) is 0 Å². The standard InChI is InChI=1S/C12H11NO/c14-12-3-1-2-8-7-11-9(4-5-13-11)6-10(8)12/h4-7,13H,1-3H2. The minimum Gasteiger partial charge on any atom is -0.361 e. The maximum Gasteiger partial charge on any atom is 0.163 e. The van der Waals surface area contributed by atoms with Crippen LogP contribution in [0, 0.1) is 0 Å². The maximum atomic E-state index is 11.6. The van der Waals surface area contributed by atoms with Crippen molar-refractivity contribution in [1.29, 1.82) is 0 Å². The van der Waals surface area contributed by atoms with Gasteiger partial charge in [0, 0.05) is 29.1 Å². The van der Waals surface area contributed by atoms with Crippen LogP contribution in [-0.4, -0.2) is 10.8 Å². The van der Waals surface area contributed by atoms with Crippen LogP contribution in [0.2, 0.25) is 0 Å². The van der Waals surface area contributed by atoms with E-state index >= 15 is 0 Å². The molecule has 0 fully saturated rings. The first-order chi connectivity index (χ1) is 6.84. The quantitative estimate of drug-likeness (QED) is 0.672. The minimum absolute atomic E-state index is 0.300. The summed E-state index contributed by atoms with van der Waals surface area (Å²) in [4.78, 5) is 14.8. The number of Topliss-reactive ketones (excluding diaryl/α,β-unsaturated/α-hetero) is 1. The van der Waals surface area contributed by atoms with Crippen molar-refractivity contribution in [2.45, 2.75) is 19.3 Å². The fourth-order valence-electron chi connectivity index (χ4n) is 2.19. The zero-order valence-electron chi connectivity index (χ0n) is 7.84. The summed E-state index contributed by atoms with van der Waals surface area (Å²) in [5.74, 6) is 0.300. The predicted octanol–water partition coefficient (Wildman–Crippen LogP) is 2.69. The molecule has 3 rings (SSSR count). The monoisotopic (exact) mass is 185 g/mol. The lowest BCUT2D eigenvalue weighted by molar-refractivity contribution is 0.0972. The van der Waals surface area contributed by atoms with Gasteiger partial charge in [0.05, 0.1) is 0 Å². The van der Waals surface area contributed by atoms with Crippen LogP contribution in [0.1, 0.15) is 28.8 Å². The molecule has 0 atom stereocenters. The van der Waals surface area contributed by atoms with Crippen LogP contribution in [0.25, 0.3) is 10.9 Å². The van der Waals surface area contributed by atoms with Crippen molar-refractivity contribution in [2.75, 3.05) is 0 Å². The average molecular weight is 185 g/mol. The Bertz CT molecular complexity index is 510. The first-order valence-electron chi connectivity index (χ1n) is 4.98. The number of rotatable bonds is 0. The number of hydrogen-bond acceptors (Lipinski definition) is 1. The third-order valence-corrected chi connectivity index (χ3v) is 2.93. The molecular formula is C12H11NO. The zero-order valence-corrected chi connectivity index (χ0v) is 7.84. The summed E-state index contributed by atoms with van der Waals surface area (Å²) in [6, 6.07) is 6.14. The second-order valence-corrected chi connectivity index (χ2v) is 3.85. The van der Waals surface area contributed by atoms with Gasteiger partial charge in [-0.25, -0.2) is 0 Å². The van der Waals surface area contributed by atoms with Gasteiger partial charge in [-0.1, -0.05) is 0 Å². The van der Waals surface area contributed by atoms with Gasteiger partial charge in [0.15, 0.2) is 5.78 Å². The van der Waals surface area contributed by atoms with Crippen molar-refractivity contribution in [2.24, 2.45) is 0 Å². The second kappa shape index (κ2) is 2.71. The fourth-order valence-corrected chi connectivity index (χ4v) is 2.19. The van der Waals surface area contributed by atoms with Gasteiger partial charge in [0.1, 0.15) is 0 Å². The van der Waals surface area contributed by atoms with Crippen molar-refractivity contribution in [3.63, 3.8) is 0 Å². The molecule has 1 aromatic heterocycles. The van der Waals surface area contributed by atoms with Crippen molar-refractivity contribution in [3.8, 4) is 0 Å². The summed E-state index contributed by atoms with van der Waals surface area (Å²) < 4.78 is 0. The van der Waals surface area contributed by atoms with E-state index < -0.39 is 0 Å². The number of aryl methyl sites for hydroxylation is 1. The third kappa shape index (κ3) is 1.00. The van der Waals surface area contributed by atoms with E-state index in [2.05, 4.69) is 11.1 Å². The van der Waals surface area contributed by atoms with Crippen LogP contribution >= 0.6 is 0 Å². The molecule has 2 nitrogen and oxygen atoms in total. The Morgan fingerprint density at radius 1 is 1.21 bits per heavy atom. The molecule has 1 aliphatic carbocycles. The molecule has 1 heterocycles. The Hall–Kier alpha value is -1.57. The molecule has 1 aromatic carbocycles. The van der Waals surface area contributed by atoms with Gasteiger partial charge in [0.25, 0.3) is 0 Å². The highest BCUT2D eigenvalue weighted by molar-refractivity contribution is 6.01. The summed E-state index contributed by atoms with van der Waals surface area (Å²) in [5, 5.41) is 1.14. The molecule has 70 valence electrons. The third-order valence-electron chi connectivity index (χ3n) is 2.93. The molecule has 14 heavy (non-hydrogen) atoms. The summed E-state index contributed by atoms with van der Waals surface area (Å²) in [7, 11) is 0. The van der Waals surface area contributed by atoms with Crippen molar-refractivity contribution >= 4 is 16.7 Å². The van der Waals surface area contributed by atoms with Crippen molar-refractivity contribution in [1.82, 2.24) is 4.98 Å². The molecule has 0 saturated heterocycles. The maximum absolute atomic E-state index is 11.6. The van der Waals surface area contributed by atoms with E-state index in [4.69, 9.17) is 0 Å². The van der Waals surface area contributed by atoms with Gasteiger partial charge in [-0.2, -0.15) is 0 Å². The number of fused-ring (bicyclic) bond motifs is 2. The van der Waals surface area contributed by atoms with Crippen molar-refractivity contribution < 1.29 is 4.79 Å². The normalized spacial score (nSPS) is 15.9. The summed E-state index contributed by atoms with van der Waals surface area (Å²) in [6.07, 6.45) is 4.66. The molecule has 0 radical (unpaired) electrons. The number of benzene rings is 1. The smallest absolute Gasteiger partial charge is 0.163 e. The number of aromatic nitrogens is 1. The first-order valence-corrected chi connectivity index (χ1v) is 4.98. The number of hydrogen-bond donors (Lipinski definition) is 1. The van der Waals surface area contributed by atoms with E-state index in [1.165, 1.54) is 5.56 Å². The van der Waals surface area contributed by atoms with E-state index in [1.54, 1.807) is 0 Å². The lowest BCUT2D eigenvalue weighted by atomic mass is 9.90. The van der Waals surface area contributed by atoms with Gasteiger partial charge in [-0.05, 0) is 36.6 Å². The fraction of sp³-hybridized carbons (Fsp3) is 0.250. The Balaban J connectivity index is 2.32. The van der Waals surface area contributed by atoms with Crippen LogP contribution in [-0.2, 0) is 6.42 Å². The molecular weight excluding hydrogens is 174 g/mol. The Labute approximate surface area is 81.9 Å². The van der Waals surface area contributed by atoms with Crippen LogP contribution in [0.3, 0.4) is 0 Å². The minimum atomic E-state index is 0.300. The molecule has 0 saturated carbocycles. The summed E-state index contributed by atoms with van der Waals surface area (Å²) in [5.41, 5.74) is 3.28. The van der Waals surface area contributed by atoms with Gasteiger partial charge in [0.2, 0.25) is 0 Å². The van der Waals surface area contributed by atoms with Gasteiger partial charge >= 0.3 is 0 Å². The van der Waals surface area contributed by atoms with Crippen LogP contribution in [0.15, 0.2) is 24.4 Å². The first kappa shape index (κ1) is 7.80. The topological polar surface area (TPSA) is 32.9 Å². The summed E-state index contributed by atoms with van der Waals surface area (Å²) in [6.45, 7) is 0. The van der Waals surface area contributed by atoms with E-state index in [-0.39, 0.29) is 0 Å². The Morgan fingerprint density at radius 2 is 2.14 bits per heavy atom. The number of aromatic amines is 1. The molecule has 1 aliphatic rings. The molecule has 0 aliphatic heterocycles. The van der Waals surface area contributed by atoms with E-state index in [9.17, 15) is 4.79 Å². The van der Waals surface area contributed by atoms with Crippen LogP contribution < -0.4 is 0 Å². The Morgan fingerprint density at radius 3 is 3.07 bits per heavy atom. The molecule has 0 unspecified atom stereocenters. The highest BCUT2D eigenvalue weighted by Crippen LogP contribution is 2.25. The number of ketones is 1. The molecule has 0 amide bonds. The predicted molar refractivity (Wildman–Crippen MR) is 55.6 cm³/mol. The second-order valence-electron chi connectivity index (χ2n) is 3.85. The van der Waals surface area contributed by atoms with Gasteiger partial charge in [-0.3, -0.25) is 4.79 Å². The summed E-state index contributed by atoms with van der Waals surface area (Å²) >= 11 is 0. The van der Waals surface area contributed by atoms with Crippen LogP contribution in [0.5, 0.6) is 0 Å². The molecule has 2 heteroatoms. The van der Waals surface area contributed by atoms with Crippen molar-refractivity contribution in [3.05, 3.63) is 35.5 Å². The van der Waals surface area contributed by atoms with E-state index in [0.717, 1.165) is 29.3 Å². The number of H-pyrrole nitrogens is 1. The zero-order chi connectivity index (χ0) is 9.54. The Kier molecular flexibility index (Phi) is 1.51. The molecule has 0 bridgehead atoms. The molecule has 1 N–H and O–H groups in total. The van der Waals surface area contributed by atoms with E-state index in [1.807, 2.05) is 18.3 Å². The number of carbonyl (C=O) groups excluding carboxylic acids is 1. The average Bonchev–Trinajstić information content (AvgIpc) is 2.62. The molecule has 2 aromatic rings. The number of carbonyl (C=O) groups is 1. The SMILES string of the molecule is O=C1CCCc2cc3[nH]ccc3cc21. The molecule has 0 spiro atoms.